The molecule has 1 saturated heterocycles. The number of hydrogen-bond donors (Lipinski definition) is 0. The van der Waals surface area contributed by atoms with Crippen LogP contribution in [0.25, 0.3) is 6.08 Å². The zero-order valence-electron chi connectivity index (χ0n) is 11.8. The van der Waals surface area contributed by atoms with Gasteiger partial charge in [0.1, 0.15) is 0 Å². The lowest BCUT2D eigenvalue weighted by molar-refractivity contribution is -0.127. The highest BCUT2D eigenvalue weighted by molar-refractivity contribution is 7.10. The summed E-state index contributed by atoms with van der Waals surface area (Å²) in [6, 6.07) is 8.28. The van der Waals surface area contributed by atoms with Crippen LogP contribution < -0.4 is 0 Å². The maximum atomic E-state index is 12.1. The van der Waals surface area contributed by atoms with E-state index in [0.29, 0.717) is 0 Å². The minimum Gasteiger partial charge on any atom is -0.337 e. The summed E-state index contributed by atoms with van der Waals surface area (Å²) in [7, 11) is 0. The third kappa shape index (κ3) is 4.03. The zero-order chi connectivity index (χ0) is 14.5. The van der Waals surface area contributed by atoms with Crippen molar-refractivity contribution in [2.24, 2.45) is 0 Å². The Labute approximate surface area is 133 Å². The Morgan fingerprint density at radius 2 is 1.86 bits per heavy atom. The minimum absolute atomic E-state index is 0.124. The summed E-state index contributed by atoms with van der Waals surface area (Å²) >= 11 is 3.45. The third-order valence-electron chi connectivity index (χ3n) is 3.58. The third-order valence-corrected chi connectivity index (χ3v) is 5.28. The fourth-order valence-electron chi connectivity index (χ4n) is 2.39. The highest BCUT2D eigenvalue weighted by Gasteiger charge is 2.19. The van der Waals surface area contributed by atoms with Gasteiger partial charge in [-0.3, -0.25) is 9.69 Å². The molecule has 3 nitrogen and oxygen atoms in total. The molecule has 3 heterocycles. The predicted molar refractivity (Wildman–Crippen MR) is 89.5 cm³/mol. The van der Waals surface area contributed by atoms with E-state index in [1.54, 1.807) is 28.7 Å². The van der Waals surface area contributed by atoms with E-state index in [9.17, 15) is 4.79 Å². The number of rotatable bonds is 4. The monoisotopic (exact) mass is 318 g/mol. The van der Waals surface area contributed by atoms with Crippen LogP contribution in [-0.2, 0) is 11.3 Å². The molecule has 0 radical (unpaired) electrons. The first-order valence-corrected chi connectivity index (χ1v) is 8.82. The highest BCUT2D eigenvalue weighted by Crippen LogP contribution is 2.14. The molecular weight excluding hydrogens is 300 g/mol. The van der Waals surface area contributed by atoms with Crippen LogP contribution in [0.3, 0.4) is 0 Å². The Kier molecular flexibility index (Phi) is 4.85. The van der Waals surface area contributed by atoms with E-state index in [1.807, 2.05) is 28.5 Å². The number of carbonyl (C=O) groups excluding carboxylic acids is 1. The molecule has 1 aliphatic rings. The smallest absolute Gasteiger partial charge is 0.246 e. The first-order chi connectivity index (χ1) is 10.3. The van der Waals surface area contributed by atoms with Crippen molar-refractivity contribution in [3.8, 4) is 0 Å². The molecule has 0 atom stereocenters. The summed E-state index contributed by atoms with van der Waals surface area (Å²) in [6.07, 6.45) is 3.60. The number of thiophene rings is 2. The van der Waals surface area contributed by atoms with Crippen LogP contribution in [0, 0.1) is 0 Å². The van der Waals surface area contributed by atoms with Gasteiger partial charge in [0.05, 0.1) is 0 Å². The van der Waals surface area contributed by atoms with Crippen LogP contribution >= 0.6 is 22.7 Å². The van der Waals surface area contributed by atoms with E-state index in [-0.39, 0.29) is 5.91 Å². The van der Waals surface area contributed by atoms with E-state index in [1.165, 1.54) is 4.88 Å². The van der Waals surface area contributed by atoms with Crippen LogP contribution in [-0.4, -0.2) is 41.9 Å². The first-order valence-electron chi connectivity index (χ1n) is 7.06. The Hall–Kier alpha value is -1.43. The average molecular weight is 318 g/mol. The molecule has 2 aromatic heterocycles. The standard InChI is InChI=1S/C16H18N2OS2/c19-16(6-5-14-3-1-11-20-14)18-9-7-17(8-10-18)13-15-4-2-12-21-15/h1-6,11-12H,7-10,13H2/b6-5+. The lowest BCUT2D eigenvalue weighted by atomic mass is 10.3. The van der Waals surface area contributed by atoms with E-state index in [0.717, 1.165) is 37.6 Å². The van der Waals surface area contributed by atoms with Gasteiger partial charge < -0.3 is 4.90 Å². The number of piperazine rings is 1. The highest BCUT2D eigenvalue weighted by atomic mass is 32.1. The summed E-state index contributed by atoms with van der Waals surface area (Å²) in [5.74, 6) is 0.124. The summed E-state index contributed by atoms with van der Waals surface area (Å²) < 4.78 is 0. The van der Waals surface area contributed by atoms with E-state index >= 15 is 0 Å². The summed E-state index contributed by atoms with van der Waals surface area (Å²) in [5.41, 5.74) is 0. The molecule has 1 amide bonds. The maximum absolute atomic E-state index is 12.1. The Balaban J connectivity index is 1.47. The zero-order valence-corrected chi connectivity index (χ0v) is 13.4. The van der Waals surface area contributed by atoms with E-state index < -0.39 is 0 Å². The van der Waals surface area contributed by atoms with Crippen molar-refractivity contribution in [2.45, 2.75) is 6.54 Å². The second-order valence-electron chi connectivity index (χ2n) is 5.03. The molecular formula is C16H18N2OS2. The Bertz CT molecular complexity index is 582. The normalized spacial score (nSPS) is 16.7. The Morgan fingerprint density at radius 3 is 2.52 bits per heavy atom. The second kappa shape index (κ2) is 7.02. The second-order valence-corrected chi connectivity index (χ2v) is 7.04. The molecule has 0 bridgehead atoms. The van der Waals surface area contributed by atoms with Crippen LogP contribution in [0.2, 0.25) is 0 Å². The maximum Gasteiger partial charge on any atom is 0.246 e. The van der Waals surface area contributed by atoms with Gasteiger partial charge in [-0.05, 0) is 29.0 Å². The van der Waals surface area contributed by atoms with Crippen LogP contribution in [0.4, 0.5) is 0 Å². The van der Waals surface area contributed by atoms with Gasteiger partial charge in [0.15, 0.2) is 0 Å². The van der Waals surface area contributed by atoms with Gasteiger partial charge in [0.2, 0.25) is 5.91 Å². The predicted octanol–water partition coefficient (Wildman–Crippen LogP) is 3.17. The van der Waals surface area contributed by atoms with Crippen LogP contribution in [0.5, 0.6) is 0 Å². The van der Waals surface area contributed by atoms with Gasteiger partial charge >= 0.3 is 0 Å². The Morgan fingerprint density at radius 1 is 1.10 bits per heavy atom. The summed E-state index contributed by atoms with van der Waals surface area (Å²) in [4.78, 5) is 19.0. The SMILES string of the molecule is O=C(/C=C/c1cccs1)N1CCN(Cc2cccs2)CC1. The van der Waals surface area contributed by atoms with Crippen molar-refractivity contribution in [1.29, 1.82) is 0 Å². The lowest BCUT2D eigenvalue weighted by Crippen LogP contribution is -2.47. The molecule has 0 unspecified atom stereocenters. The fourth-order valence-corrected chi connectivity index (χ4v) is 3.76. The van der Waals surface area contributed by atoms with Crippen molar-refractivity contribution in [3.05, 3.63) is 50.9 Å². The van der Waals surface area contributed by atoms with E-state index in [4.69, 9.17) is 0 Å². The fraction of sp³-hybridized carbons (Fsp3) is 0.312. The number of nitrogens with zero attached hydrogens (tertiary/aromatic N) is 2. The summed E-state index contributed by atoms with van der Waals surface area (Å²) in [6.45, 7) is 4.55. The first kappa shape index (κ1) is 14.5. The van der Waals surface area contributed by atoms with Gasteiger partial charge in [-0.25, -0.2) is 0 Å². The van der Waals surface area contributed by atoms with Crippen LogP contribution in [0.15, 0.2) is 41.1 Å². The molecule has 2 aromatic rings. The van der Waals surface area contributed by atoms with Crippen LogP contribution in [0.1, 0.15) is 9.75 Å². The lowest BCUT2D eigenvalue weighted by Gasteiger charge is -2.33. The van der Waals surface area contributed by atoms with Crippen molar-refractivity contribution >= 4 is 34.7 Å². The minimum atomic E-state index is 0.124. The molecule has 1 aliphatic heterocycles. The van der Waals surface area contributed by atoms with Crippen molar-refractivity contribution in [1.82, 2.24) is 9.80 Å². The van der Waals surface area contributed by atoms with Crippen molar-refractivity contribution in [3.63, 3.8) is 0 Å². The van der Waals surface area contributed by atoms with Gasteiger partial charge in [-0.15, -0.1) is 22.7 Å². The van der Waals surface area contributed by atoms with Crippen molar-refractivity contribution in [2.75, 3.05) is 26.2 Å². The number of hydrogen-bond acceptors (Lipinski definition) is 4. The quantitative estimate of drug-likeness (QED) is 0.809. The molecule has 0 aromatic carbocycles. The topological polar surface area (TPSA) is 23.6 Å². The van der Waals surface area contributed by atoms with Gasteiger partial charge in [-0.2, -0.15) is 0 Å². The molecule has 0 spiro atoms. The molecule has 110 valence electrons. The number of carbonyl (C=O) groups is 1. The molecule has 21 heavy (non-hydrogen) atoms. The molecule has 0 N–H and O–H groups in total. The van der Waals surface area contributed by atoms with Gasteiger partial charge in [-0.1, -0.05) is 12.1 Å². The molecule has 5 heteroatoms. The largest absolute Gasteiger partial charge is 0.337 e. The average Bonchev–Trinajstić information content (AvgIpc) is 3.19. The van der Waals surface area contributed by atoms with Gasteiger partial charge in [0, 0.05) is 48.6 Å². The van der Waals surface area contributed by atoms with Gasteiger partial charge in [0.25, 0.3) is 0 Å². The van der Waals surface area contributed by atoms with Crippen molar-refractivity contribution < 1.29 is 4.79 Å². The number of amides is 1. The van der Waals surface area contributed by atoms with E-state index in [2.05, 4.69) is 22.4 Å². The summed E-state index contributed by atoms with van der Waals surface area (Å²) in [5, 5.41) is 4.14. The molecule has 3 rings (SSSR count). The molecule has 0 aliphatic carbocycles. The molecule has 1 fully saturated rings. The molecule has 0 saturated carbocycles.